The standard InChI is InChI=1S/C26H33ClN4O3/c1-16-14-31(19-6-7-19)28-22(16)23(32)29-11-8-17-12-18(27)13-21(20(17)15-29)26(25(2,3)4)9-5-10-30(26)24(33)34/h12-14,19H,5-11,15H2,1-4H3,(H,33,34). The zero-order valence-electron chi connectivity index (χ0n) is 20.4. The number of benzene rings is 1. The molecule has 2 aliphatic heterocycles. The Morgan fingerprint density at radius 3 is 2.59 bits per heavy atom. The van der Waals surface area contributed by atoms with E-state index in [9.17, 15) is 14.7 Å². The van der Waals surface area contributed by atoms with E-state index in [2.05, 4.69) is 25.9 Å². The van der Waals surface area contributed by atoms with E-state index < -0.39 is 11.6 Å². The number of likely N-dealkylation sites (tertiary alicyclic amines) is 1. The Morgan fingerprint density at radius 2 is 1.94 bits per heavy atom. The van der Waals surface area contributed by atoms with Gasteiger partial charge < -0.3 is 10.0 Å². The number of aromatic nitrogens is 2. The lowest BCUT2D eigenvalue weighted by Gasteiger charge is -2.49. The van der Waals surface area contributed by atoms with Crippen LogP contribution >= 0.6 is 11.6 Å². The number of rotatable bonds is 3. The van der Waals surface area contributed by atoms with Gasteiger partial charge >= 0.3 is 6.09 Å². The van der Waals surface area contributed by atoms with Gasteiger partial charge in [0.25, 0.3) is 5.91 Å². The molecule has 3 aliphatic rings. The van der Waals surface area contributed by atoms with Crippen molar-refractivity contribution >= 4 is 23.6 Å². The topological polar surface area (TPSA) is 78.7 Å². The summed E-state index contributed by atoms with van der Waals surface area (Å²) in [4.78, 5) is 29.4. The number of hydrogen-bond donors (Lipinski definition) is 1. The summed E-state index contributed by atoms with van der Waals surface area (Å²) in [7, 11) is 0. The SMILES string of the molecule is Cc1cn(C2CC2)nc1C(=O)N1CCc2cc(Cl)cc(C3(C(C)(C)C)CCCN3C(=O)O)c2C1. The lowest BCUT2D eigenvalue weighted by molar-refractivity contribution is 0.0260. The predicted octanol–water partition coefficient (Wildman–Crippen LogP) is 5.39. The largest absolute Gasteiger partial charge is 0.465 e. The molecular weight excluding hydrogens is 452 g/mol. The summed E-state index contributed by atoms with van der Waals surface area (Å²) < 4.78 is 1.93. The van der Waals surface area contributed by atoms with Crippen LogP contribution in [0, 0.1) is 12.3 Å². The fraction of sp³-hybridized carbons (Fsp3) is 0.577. The molecule has 7 nitrogen and oxygen atoms in total. The quantitative estimate of drug-likeness (QED) is 0.633. The van der Waals surface area contributed by atoms with Crippen molar-refractivity contribution < 1.29 is 14.7 Å². The number of carbonyl (C=O) groups is 2. The van der Waals surface area contributed by atoms with Gasteiger partial charge in [-0.2, -0.15) is 5.10 Å². The van der Waals surface area contributed by atoms with Crippen LogP contribution in [-0.4, -0.2) is 49.8 Å². The minimum Gasteiger partial charge on any atom is -0.465 e. The second-order valence-electron chi connectivity index (χ2n) is 11.1. The van der Waals surface area contributed by atoms with Crippen LogP contribution in [0.1, 0.15) is 85.2 Å². The minimum atomic E-state index is -0.911. The van der Waals surface area contributed by atoms with Crippen LogP contribution in [0.25, 0.3) is 0 Å². The third-order valence-electron chi connectivity index (χ3n) is 7.93. The summed E-state index contributed by atoms with van der Waals surface area (Å²) in [6.45, 7) is 9.76. The minimum absolute atomic E-state index is 0.0604. The third-order valence-corrected chi connectivity index (χ3v) is 8.15. The molecule has 5 rings (SSSR count). The maximum Gasteiger partial charge on any atom is 0.408 e. The van der Waals surface area contributed by atoms with Crippen molar-refractivity contribution in [3.8, 4) is 0 Å². The highest BCUT2D eigenvalue weighted by Crippen LogP contribution is 2.53. The number of carbonyl (C=O) groups excluding carboxylic acids is 1. The molecule has 1 aliphatic carbocycles. The zero-order chi connectivity index (χ0) is 24.4. The van der Waals surface area contributed by atoms with Gasteiger partial charge in [-0.3, -0.25) is 14.4 Å². The molecule has 0 spiro atoms. The fourth-order valence-electron chi connectivity index (χ4n) is 6.08. The Bertz CT molecular complexity index is 1160. The van der Waals surface area contributed by atoms with Gasteiger partial charge in [0.1, 0.15) is 0 Å². The number of carboxylic acid groups (broad SMARTS) is 1. The van der Waals surface area contributed by atoms with Gasteiger partial charge in [-0.15, -0.1) is 0 Å². The van der Waals surface area contributed by atoms with Crippen LogP contribution in [0.5, 0.6) is 0 Å². The molecule has 2 aromatic rings. The van der Waals surface area contributed by atoms with Crippen molar-refractivity contribution in [2.45, 2.75) is 77.9 Å². The molecule has 3 heterocycles. The van der Waals surface area contributed by atoms with Gasteiger partial charge in [-0.25, -0.2) is 4.79 Å². The van der Waals surface area contributed by atoms with Crippen LogP contribution in [0.2, 0.25) is 5.02 Å². The first-order chi connectivity index (χ1) is 16.0. The van der Waals surface area contributed by atoms with Crippen molar-refractivity contribution in [1.82, 2.24) is 19.6 Å². The molecular formula is C26H33ClN4O3. The van der Waals surface area contributed by atoms with E-state index in [1.54, 1.807) is 4.90 Å². The molecule has 1 aromatic heterocycles. The van der Waals surface area contributed by atoms with E-state index >= 15 is 0 Å². The summed E-state index contributed by atoms with van der Waals surface area (Å²) >= 11 is 6.59. The second-order valence-corrected chi connectivity index (χ2v) is 11.5. The van der Waals surface area contributed by atoms with E-state index in [1.165, 1.54) is 0 Å². The molecule has 1 N–H and O–H groups in total. The summed E-state index contributed by atoms with van der Waals surface area (Å²) in [5.41, 5.74) is 3.44. The van der Waals surface area contributed by atoms with E-state index in [1.807, 2.05) is 34.8 Å². The molecule has 1 saturated heterocycles. The first kappa shape index (κ1) is 23.2. The normalized spacial score (nSPS) is 22.7. The van der Waals surface area contributed by atoms with Crippen molar-refractivity contribution in [3.05, 3.63) is 51.3 Å². The first-order valence-corrected chi connectivity index (χ1v) is 12.6. The Kier molecular flexibility index (Phi) is 5.47. The number of fused-ring (bicyclic) bond motifs is 1. The fourth-order valence-corrected chi connectivity index (χ4v) is 6.32. The smallest absolute Gasteiger partial charge is 0.408 e. The third kappa shape index (κ3) is 3.60. The van der Waals surface area contributed by atoms with Crippen molar-refractivity contribution in [1.29, 1.82) is 0 Å². The van der Waals surface area contributed by atoms with Crippen LogP contribution in [0.15, 0.2) is 18.3 Å². The molecule has 34 heavy (non-hydrogen) atoms. The molecule has 2 amide bonds. The average Bonchev–Trinajstić information content (AvgIpc) is 3.38. The summed E-state index contributed by atoms with van der Waals surface area (Å²) in [5, 5.41) is 15.4. The van der Waals surface area contributed by atoms with Crippen molar-refractivity contribution in [2.75, 3.05) is 13.1 Å². The molecule has 0 bridgehead atoms. The van der Waals surface area contributed by atoms with Gasteiger partial charge in [0.2, 0.25) is 0 Å². The highest BCUT2D eigenvalue weighted by molar-refractivity contribution is 6.30. The Morgan fingerprint density at radius 1 is 1.21 bits per heavy atom. The van der Waals surface area contributed by atoms with Crippen LogP contribution in [0.4, 0.5) is 4.79 Å². The summed E-state index contributed by atoms with van der Waals surface area (Å²) in [6, 6.07) is 4.34. The van der Waals surface area contributed by atoms with Gasteiger partial charge in [-0.1, -0.05) is 32.4 Å². The monoisotopic (exact) mass is 484 g/mol. The highest BCUT2D eigenvalue weighted by Gasteiger charge is 2.54. The predicted molar refractivity (Wildman–Crippen MR) is 130 cm³/mol. The van der Waals surface area contributed by atoms with Gasteiger partial charge in [0, 0.05) is 36.4 Å². The molecule has 8 heteroatoms. The van der Waals surface area contributed by atoms with E-state index in [0.717, 1.165) is 47.9 Å². The van der Waals surface area contributed by atoms with Gasteiger partial charge in [-0.05, 0) is 73.3 Å². The van der Waals surface area contributed by atoms with E-state index in [-0.39, 0.29) is 11.3 Å². The number of aryl methyl sites for hydroxylation is 1. The number of amides is 2. The molecule has 1 atom stereocenters. The van der Waals surface area contributed by atoms with Crippen LogP contribution in [-0.2, 0) is 18.5 Å². The van der Waals surface area contributed by atoms with Crippen molar-refractivity contribution in [3.63, 3.8) is 0 Å². The molecule has 182 valence electrons. The molecule has 0 radical (unpaired) electrons. The molecule has 1 unspecified atom stereocenters. The molecule has 1 saturated carbocycles. The number of halogens is 1. The lowest BCUT2D eigenvalue weighted by Crippen LogP contribution is -2.53. The van der Waals surface area contributed by atoms with Gasteiger partial charge in [0.15, 0.2) is 5.69 Å². The molecule has 2 fully saturated rings. The first-order valence-electron chi connectivity index (χ1n) is 12.2. The number of nitrogens with zero attached hydrogens (tertiary/aromatic N) is 4. The maximum atomic E-state index is 13.6. The second kappa shape index (κ2) is 8.01. The average molecular weight is 485 g/mol. The van der Waals surface area contributed by atoms with Crippen LogP contribution < -0.4 is 0 Å². The lowest BCUT2D eigenvalue weighted by atomic mass is 9.66. The van der Waals surface area contributed by atoms with Crippen LogP contribution in [0.3, 0.4) is 0 Å². The Labute approximate surface area is 205 Å². The van der Waals surface area contributed by atoms with Crippen molar-refractivity contribution in [2.24, 2.45) is 5.41 Å². The maximum absolute atomic E-state index is 13.6. The summed E-state index contributed by atoms with van der Waals surface area (Å²) in [5.74, 6) is -0.0604. The van der Waals surface area contributed by atoms with E-state index in [0.29, 0.717) is 42.8 Å². The van der Waals surface area contributed by atoms with E-state index in [4.69, 9.17) is 11.6 Å². The van der Waals surface area contributed by atoms with Gasteiger partial charge in [0.05, 0.1) is 11.6 Å². The molecule has 1 aromatic carbocycles. The Hall–Kier alpha value is -2.54. The highest BCUT2D eigenvalue weighted by atomic mass is 35.5. The Balaban J connectivity index is 1.57. The summed E-state index contributed by atoms with van der Waals surface area (Å²) in [6.07, 6.45) is 5.51. The number of hydrogen-bond acceptors (Lipinski definition) is 3. The zero-order valence-corrected chi connectivity index (χ0v) is 21.2.